The van der Waals surface area contributed by atoms with E-state index < -0.39 is 0 Å². The van der Waals surface area contributed by atoms with Gasteiger partial charge in [0.05, 0.1) is 25.8 Å². The molecule has 9 heteroatoms. The van der Waals surface area contributed by atoms with Crippen LogP contribution in [0.1, 0.15) is 30.5 Å². The third kappa shape index (κ3) is 5.79. The van der Waals surface area contributed by atoms with Gasteiger partial charge in [-0.2, -0.15) is 4.98 Å². The van der Waals surface area contributed by atoms with E-state index in [9.17, 15) is 4.79 Å². The van der Waals surface area contributed by atoms with Crippen molar-refractivity contribution in [2.45, 2.75) is 33.3 Å². The van der Waals surface area contributed by atoms with E-state index >= 15 is 0 Å². The van der Waals surface area contributed by atoms with Gasteiger partial charge in [0.25, 0.3) is 0 Å². The summed E-state index contributed by atoms with van der Waals surface area (Å²) in [4.78, 5) is 21.1. The van der Waals surface area contributed by atoms with Crippen LogP contribution < -0.4 is 9.47 Å². The van der Waals surface area contributed by atoms with E-state index in [0.717, 1.165) is 21.7 Å². The van der Waals surface area contributed by atoms with Crippen LogP contribution in [-0.4, -0.2) is 34.8 Å². The summed E-state index contributed by atoms with van der Waals surface area (Å²) in [5.74, 6) is 1.88. The molecular formula is C25H25N3O5S. The predicted molar refractivity (Wildman–Crippen MR) is 128 cm³/mol. The van der Waals surface area contributed by atoms with Crippen LogP contribution in [0.2, 0.25) is 0 Å². The Kier molecular flexibility index (Phi) is 7.54. The molecule has 0 radical (unpaired) electrons. The minimum atomic E-state index is -0.354. The fourth-order valence-corrected chi connectivity index (χ4v) is 3.99. The number of hydrogen-bond acceptors (Lipinski definition) is 9. The molecule has 2 aromatic heterocycles. The van der Waals surface area contributed by atoms with Gasteiger partial charge >= 0.3 is 5.97 Å². The van der Waals surface area contributed by atoms with Gasteiger partial charge < -0.3 is 18.7 Å². The van der Waals surface area contributed by atoms with Gasteiger partial charge in [0.1, 0.15) is 11.6 Å². The average Bonchev–Trinajstić information content (AvgIpc) is 3.52. The van der Waals surface area contributed by atoms with Crippen molar-refractivity contribution in [3.63, 3.8) is 0 Å². The summed E-state index contributed by atoms with van der Waals surface area (Å²) in [7, 11) is 1.60. The minimum absolute atomic E-state index is 0.0992. The monoisotopic (exact) mass is 479 g/mol. The molecule has 4 aromatic rings. The fourth-order valence-electron chi connectivity index (χ4n) is 3.19. The Balaban J connectivity index is 1.28. The van der Waals surface area contributed by atoms with E-state index in [-0.39, 0.29) is 19.0 Å². The normalized spacial score (nSPS) is 10.8. The van der Waals surface area contributed by atoms with Gasteiger partial charge in [0.15, 0.2) is 11.5 Å². The summed E-state index contributed by atoms with van der Waals surface area (Å²) in [6.07, 6.45) is 0.453. The van der Waals surface area contributed by atoms with Gasteiger partial charge in [-0.25, -0.2) is 4.98 Å². The average molecular weight is 480 g/mol. The van der Waals surface area contributed by atoms with Crippen molar-refractivity contribution < 1.29 is 23.5 Å². The first-order valence-electron chi connectivity index (χ1n) is 10.9. The Morgan fingerprint density at radius 3 is 2.62 bits per heavy atom. The summed E-state index contributed by atoms with van der Waals surface area (Å²) in [6.45, 7) is 4.60. The minimum Gasteiger partial charge on any atom is -0.493 e. The lowest BCUT2D eigenvalue weighted by Gasteiger charge is -2.09. The number of aromatic nitrogens is 3. The molecule has 0 spiro atoms. The number of carbonyl (C=O) groups excluding carboxylic acids is 1. The van der Waals surface area contributed by atoms with Gasteiger partial charge in [0, 0.05) is 22.9 Å². The summed E-state index contributed by atoms with van der Waals surface area (Å²) in [5, 5.41) is 6.66. The molecule has 0 saturated carbocycles. The van der Waals surface area contributed by atoms with E-state index in [2.05, 4.69) is 15.1 Å². The second-order valence-corrected chi connectivity index (χ2v) is 8.34. The highest BCUT2D eigenvalue weighted by atomic mass is 32.1. The standard InChI is InChI=1S/C25H25N3O5S/c1-4-31-20-10-9-18(13-21(20)30-3)25-26-19(15-34-25)14-32-23(29)12-11-22-27-24(28-33-22)17-7-5-16(2)6-8-17/h5-10,13,15H,4,11-12,14H2,1-3H3. The molecule has 2 heterocycles. The highest BCUT2D eigenvalue weighted by Crippen LogP contribution is 2.34. The summed E-state index contributed by atoms with van der Waals surface area (Å²) in [6, 6.07) is 13.5. The number of ether oxygens (including phenoxy) is 3. The number of nitrogens with zero attached hydrogens (tertiary/aromatic N) is 3. The largest absolute Gasteiger partial charge is 0.493 e. The third-order valence-corrected chi connectivity index (χ3v) is 5.90. The Morgan fingerprint density at radius 1 is 1.06 bits per heavy atom. The molecule has 0 aliphatic heterocycles. The van der Waals surface area contributed by atoms with Crippen molar-refractivity contribution in [3.8, 4) is 33.5 Å². The first-order valence-corrected chi connectivity index (χ1v) is 11.7. The van der Waals surface area contributed by atoms with Crippen LogP contribution in [0, 0.1) is 6.92 Å². The van der Waals surface area contributed by atoms with E-state index in [1.807, 2.05) is 61.7 Å². The molecule has 0 saturated heterocycles. The van der Waals surface area contributed by atoms with Crippen molar-refractivity contribution >= 4 is 17.3 Å². The van der Waals surface area contributed by atoms with E-state index in [1.54, 1.807) is 7.11 Å². The zero-order valence-corrected chi connectivity index (χ0v) is 20.1. The van der Waals surface area contributed by atoms with Crippen LogP contribution in [0.25, 0.3) is 22.0 Å². The number of rotatable bonds is 10. The molecule has 0 bridgehead atoms. The molecule has 0 unspecified atom stereocenters. The van der Waals surface area contributed by atoms with Crippen LogP contribution in [0.4, 0.5) is 0 Å². The zero-order valence-electron chi connectivity index (χ0n) is 19.2. The van der Waals surface area contributed by atoms with Crippen LogP contribution in [0.3, 0.4) is 0 Å². The number of thiazole rings is 1. The molecule has 0 atom stereocenters. The number of carbonyl (C=O) groups is 1. The molecule has 0 aliphatic rings. The predicted octanol–water partition coefficient (Wildman–Crippen LogP) is 5.25. The maximum atomic E-state index is 12.2. The molecule has 8 nitrogen and oxygen atoms in total. The molecule has 176 valence electrons. The number of methoxy groups -OCH3 is 1. The summed E-state index contributed by atoms with van der Waals surface area (Å²) < 4.78 is 21.6. The van der Waals surface area contributed by atoms with Crippen LogP contribution >= 0.6 is 11.3 Å². The van der Waals surface area contributed by atoms with Crippen molar-refractivity contribution in [2.75, 3.05) is 13.7 Å². The molecule has 2 aromatic carbocycles. The molecule has 0 N–H and O–H groups in total. The van der Waals surface area contributed by atoms with Crippen LogP contribution in [-0.2, 0) is 22.6 Å². The lowest BCUT2D eigenvalue weighted by Crippen LogP contribution is -2.06. The third-order valence-electron chi connectivity index (χ3n) is 4.96. The van der Waals surface area contributed by atoms with Crippen molar-refractivity contribution in [3.05, 3.63) is 65.0 Å². The second kappa shape index (κ2) is 10.9. The van der Waals surface area contributed by atoms with Crippen molar-refractivity contribution in [1.29, 1.82) is 0 Å². The maximum absolute atomic E-state index is 12.2. The highest BCUT2D eigenvalue weighted by Gasteiger charge is 2.14. The molecule has 0 amide bonds. The topological polar surface area (TPSA) is 96.6 Å². The number of hydrogen-bond donors (Lipinski definition) is 0. The molecular weight excluding hydrogens is 454 g/mol. The van der Waals surface area contributed by atoms with E-state index in [1.165, 1.54) is 11.3 Å². The van der Waals surface area contributed by atoms with Gasteiger partial charge in [-0.15, -0.1) is 11.3 Å². The molecule has 0 fully saturated rings. The Morgan fingerprint density at radius 2 is 1.85 bits per heavy atom. The highest BCUT2D eigenvalue weighted by molar-refractivity contribution is 7.13. The number of esters is 1. The fraction of sp³-hybridized carbons (Fsp3) is 0.280. The lowest BCUT2D eigenvalue weighted by molar-refractivity contribution is -0.145. The van der Waals surface area contributed by atoms with Gasteiger partial charge in [-0.3, -0.25) is 4.79 Å². The lowest BCUT2D eigenvalue weighted by atomic mass is 10.1. The smallest absolute Gasteiger partial charge is 0.306 e. The zero-order chi connectivity index (χ0) is 23.9. The van der Waals surface area contributed by atoms with E-state index in [0.29, 0.717) is 41.9 Å². The van der Waals surface area contributed by atoms with E-state index in [4.69, 9.17) is 18.7 Å². The maximum Gasteiger partial charge on any atom is 0.306 e. The quantitative estimate of drug-likeness (QED) is 0.285. The van der Waals surface area contributed by atoms with Gasteiger partial charge in [-0.1, -0.05) is 35.0 Å². The number of aryl methyl sites for hydroxylation is 2. The second-order valence-electron chi connectivity index (χ2n) is 7.48. The Labute approximate surface area is 201 Å². The molecule has 4 rings (SSSR count). The Hall–Kier alpha value is -3.72. The summed E-state index contributed by atoms with van der Waals surface area (Å²) >= 11 is 1.47. The van der Waals surface area contributed by atoms with Crippen molar-refractivity contribution in [2.24, 2.45) is 0 Å². The van der Waals surface area contributed by atoms with Crippen LogP contribution in [0.15, 0.2) is 52.4 Å². The molecule has 0 aliphatic carbocycles. The van der Waals surface area contributed by atoms with Crippen molar-refractivity contribution in [1.82, 2.24) is 15.1 Å². The number of benzene rings is 2. The van der Waals surface area contributed by atoms with Crippen LogP contribution in [0.5, 0.6) is 11.5 Å². The SMILES string of the molecule is CCOc1ccc(-c2nc(COC(=O)CCc3nc(-c4ccc(C)cc4)no3)cs2)cc1OC. The van der Waals surface area contributed by atoms with Gasteiger partial charge in [0.2, 0.25) is 11.7 Å². The van der Waals surface area contributed by atoms with Gasteiger partial charge in [-0.05, 0) is 32.0 Å². The molecule has 34 heavy (non-hydrogen) atoms. The summed E-state index contributed by atoms with van der Waals surface area (Å²) in [5.41, 5.74) is 3.61. The Bertz CT molecular complexity index is 1250. The first kappa shape index (κ1) is 23.4. The first-order chi connectivity index (χ1) is 16.6.